The maximum atomic E-state index is 12.6. The van der Waals surface area contributed by atoms with E-state index in [9.17, 15) is 4.79 Å². The second-order valence-corrected chi connectivity index (χ2v) is 8.76. The molecule has 6 nitrogen and oxygen atoms in total. The van der Waals surface area contributed by atoms with E-state index in [-0.39, 0.29) is 11.8 Å². The molecule has 1 amide bonds. The average Bonchev–Trinajstić information content (AvgIpc) is 3.38. The summed E-state index contributed by atoms with van der Waals surface area (Å²) in [6, 6.07) is 17.7. The Balaban J connectivity index is 1.40. The number of halogens is 1. The molecule has 164 valence electrons. The van der Waals surface area contributed by atoms with Crippen molar-refractivity contribution in [2.75, 3.05) is 18.4 Å². The fourth-order valence-electron chi connectivity index (χ4n) is 4.24. The number of amides is 1. The molecule has 4 aromatic rings. The first kappa shape index (κ1) is 20.8. The number of aromatic nitrogens is 2. The number of nitrogens with one attached hydrogen (secondary N) is 2. The SMILES string of the molecule is Cc1cc(NC(=O)C2CCCNC2)nn1Cc1cc(Cl)cc2cc(-c3ccccc3)oc12. The van der Waals surface area contributed by atoms with Crippen molar-refractivity contribution < 1.29 is 9.21 Å². The predicted molar refractivity (Wildman–Crippen MR) is 127 cm³/mol. The number of anilines is 1. The molecule has 5 rings (SSSR count). The molecule has 1 fully saturated rings. The monoisotopic (exact) mass is 448 g/mol. The van der Waals surface area contributed by atoms with Crippen LogP contribution in [-0.4, -0.2) is 28.8 Å². The Morgan fingerprint density at radius 1 is 1.25 bits per heavy atom. The molecule has 0 saturated carbocycles. The quantitative estimate of drug-likeness (QED) is 0.437. The van der Waals surface area contributed by atoms with Crippen molar-refractivity contribution in [1.29, 1.82) is 0 Å². The molecule has 0 spiro atoms. The van der Waals surface area contributed by atoms with E-state index in [2.05, 4.69) is 15.7 Å². The molecule has 0 bridgehead atoms. The highest BCUT2D eigenvalue weighted by Gasteiger charge is 2.22. The molecular weight excluding hydrogens is 424 g/mol. The van der Waals surface area contributed by atoms with E-state index in [1.165, 1.54) is 0 Å². The standard InChI is InChI=1S/C25H25ClN4O2/c1-16-10-23(28-25(31)18-8-5-9-27-14-18)29-30(16)15-20-12-21(26)11-19-13-22(32-24(19)20)17-6-3-2-4-7-17/h2-4,6-7,10-13,18,27H,5,8-9,14-15H2,1H3,(H,28,29,31). The Bertz CT molecular complexity index is 1260. The molecule has 0 radical (unpaired) electrons. The van der Waals surface area contributed by atoms with Crippen LogP contribution in [0.4, 0.5) is 5.82 Å². The Hall–Kier alpha value is -3.09. The molecule has 1 aliphatic rings. The van der Waals surface area contributed by atoms with Crippen LogP contribution >= 0.6 is 11.6 Å². The predicted octanol–water partition coefficient (Wildman–Crippen LogP) is 5.24. The zero-order valence-corrected chi connectivity index (χ0v) is 18.7. The van der Waals surface area contributed by atoms with Gasteiger partial charge in [-0.3, -0.25) is 9.48 Å². The van der Waals surface area contributed by atoms with Crippen molar-refractivity contribution in [3.63, 3.8) is 0 Å². The summed E-state index contributed by atoms with van der Waals surface area (Å²) in [6.45, 7) is 4.16. The van der Waals surface area contributed by atoms with Crippen LogP contribution in [0.2, 0.25) is 5.02 Å². The molecule has 1 unspecified atom stereocenters. The van der Waals surface area contributed by atoms with Crippen LogP contribution in [0.1, 0.15) is 24.1 Å². The maximum absolute atomic E-state index is 12.6. The number of hydrogen-bond donors (Lipinski definition) is 2. The van der Waals surface area contributed by atoms with Crippen molar-refractivity contribution in [2.24, 2.45) is 5.92 Å². The van der Waals surface area contributed by atoms with E-state index < -0.39 is 0 Å². The van der Waals surface area contributed by atoms with Crippen LogP contribution < -0.4 is 10.6 Å². The summed E-state index contributed by atoms with van der Waals surface area (Å²) in [4.78, 5) is 12.6. The number of fused-ring (bicyclic) bond motifs is 1. The summed E-state index contributed by atoms with van der Waals surface area (Å²) in [7, 11) is 0. The van der Waals surface area contributed by atoms with Gasteiger partial charge in [0.05, 0.1) is 12.5 Å². The normalized spacial score (nSPS) is 16.4. The van der Waals surface area contributed by atoms with Crippen molar-refractivity contribution in [3.8, 4) is 11.3 Å². The summed E-state index contributed by atoms with van der Waals surface area (Å²) in [5.74, 6) is 1.38. The summed E-state index contributed by atoms with van der Waals surface area (Å²) < 4.78 is 8.09. The van der Waals surface area contributed by atoms with Crippen LogP contribution in [0.5, 0.6) is 0 Å². The average molecular weight is 449 g/mol. The largest absolute Gasteiger partial charge is 0.456 e. The first-order chi connectivity index (χ1) is 15.6. The van der Waals surface area contributed by atoms with Gasteiger partial charge in [0.1, 0.15) is 11.3 Å². The molecule has 1 saturated heterocycles. The first-order valence-corrected chi connectivity index (χ1v) is 11.3. The minimum absolute atomic E-state index is 0.0127. The Labute approximate surface area is 191 Å². The van der Waals surface area contributed by atoms with Gasteiger partial charge in [0.25, 0.3) is 0 Å². The van der Waals surface area contributed by atoms with Gasteiger partial charge in [0.15, 0.2) is 5.82 Å². The van der Waals surface area contributed by atoms with Crippen molar-refractivity contribution in [3.05, 3.63) is 70.9 Å². The Morgan fingerprint density at radius 3 is 2.88 bits per heavy atom. The molecule has 2 N–H and O–H groups in total. The number of piperidine rings is 1. The number of carbonyl (C=O) groups excluding carboxylic acids is 1. The minimum Gasteiger partial charge on any atom is -0.456 e. The van der Waals surface area contributed by atoms with Crippen LogP contribution in [0.15, 0.2) is 59.0 Å². The van der Waals surface area contributed by atoms with E-state index in [1.807, 2.05) is 66.2 Å². The Kier molecular flexibility index (Phi) is 5.72. The van der Waals surface area contributed by atoms with Crippen LogP contribution in [0.25, 0.3) is 22.3 Å². The lowest BCUT2D eigenvalue weighted by atomic mass is 9.99. The summed E-state index contributed by atoms with van der Waals surface area (Å²) >= 11 is 6.41. The van der Waals surface area contributed by atoms with Gasteiger partial charge in [-0.2, -0.15) is 5.10 Å². The van der Waals surface area contributed by atoms with E-state index in [1.54, 1.807) is 0 Å². The van der Waals surface area contributed by atoms with Gasteiger partial charge >= 0.3 is 0 Å². The number of furan rings is 1. The zero-order valence-electron chi connectivity index (χ0n) is 17.9. The van der Waals surface area contributed by atoms with Gasteiger partial charge in [0, 0.05) is 39.8 Å². The van der Waals surface area contributed by atoms with Crippen molar-refractivity contribution in [2.45, 2.75) is 26.3 Å². The topological polar surface area (TPSA) is 72.1 Å². The molecule has 2 aromatic heterocycles. The molecule has 1 atom stereocenters. The fraction of sp³-hybridized carbons (Fsp3) is 0.280. The molecule has 7 heteroatoms. The lowest BCUT2D eigenvalue weighted by Gasteiger charge is -2.21. The number of rotatable bonds is 5. The van der Waals surface area contributed by atoms with Crippen molar-refractivity contribution >= 4 is 34.3 Å². The lowest BCUT2D eigenvalue weighted by Crippen LogP contribution is -2.37. The van der Waals surface area contributed by atoms with Gasteiger partial charge in [-0.25, -0.2) is 0 Å². The third-order valence-electron chi connectivity index (χ3n) is 5.94. The van der Waals surface area contributed by atoms with Gasteiger partial charge in [0.2, 0.25) is 5.91 Å². The molecule has 3 heterocycles. The molecule has 0 aliphatic carbocycles. The smallest absolute Gasteiger partial charge is 0.229 e. The highest BCUT2D eigenvalue weighted by molar-refractivity contribution is 6.31. The maximum Gasteiger partial charge on any atom is 0.229 e. The molecule has 1 aliphatic heterocycles. The first-order valence-electron chi connectivity index (χ1n) is 10.9. The lowest BCUT2D eigenvalue weighted by molar-refractivity contribution is -0.120. The third-order valence-corrected chi connectivity index (χ3v) is 6.15. The van der Waals surface area contributed by atoms with Crippen LogP contribution in [-0.2, 0) is 11.3 Å². The number of carbonyl (C=O) groups is 1. The van der Waals surface area contributed by atoms with Crippen LogP contribution in [0, 0.1) is 12.8 Å². The van der Waals surface area contributed by atoms with E-state index in [0.29, 0.717) is 23.9 Å². The summed E-state index contributed by atoms with van der Waals surface area (Å²) in [5, 5.41) is 12.5. The third kappa shape index (κ3) is 4.29. The number of aryl methyl sites for hydroxylation is 1. The fourth-order valence-corrected chi connectivity index (χ4v) is 4.49. The van der Waals surface area contributed by atoms with E-state index >= 15 is 0 Å². The van der Waals surface area contributed by atoms with Crippen LogP contribution in [0.3, 0.4) is 0 Å². The van der Waals surface area contributed by atoms with Gasteiger partial charge < -0.3 is 15.1 Å². The highest BCUT2D eigenvalue weighted by Crippen LogP contribution is 2.32. The minimum atomic E-state index is -0.0127. The van der Waals surface area contributed by atoms with Gasteiger partial charge in [-0.05, 0) is 44.5 Å². The van der Waals surface area contributed by atoms with E-state index in [4.69, 9.17) is 16.0 Å². The van der Waals surface area contributed by atoms with E-state index in [0.717, 1.165) is 52.9 Å². The molecule has 2 aromatic carbocycles. The highest BCUT2D eigenvalue weighted by atomic mass is 35.5. The zero-order chi connectivity index (χ0) is 22.1. The number of hydrogen-bond acceptors (Lipinski definition) is 4. The summed E-state index contributed by atoms with van der Waals surface area (Å²) in [6.07, 6.45) is 1.92. The Morgan fingerprint density at radius 2 is 2.09 bits per heavy atom. The number of benzene rings is 2. The van der Waals surface area contributed by atoms with Gasteiger partial charge in [-0.1, -0.05) is 41.9 Å². The molecular formula is C25H25ClN4O2. The summed E-state index contributed by atoms with van der Waals surface area (Å²) in [5.41, 5.74) is 3.70. The van der Waals surface area contributed by atoms with Crippen molar-refractivity contribution in [1.82, 2.24) is 15.1 Å². The molecule has 32 heavy (non-hydrogen) atoms. The number of nitrogens with zero attached hydrogens (tertiary/aromatic N) is 2. The second-order valence-electron chi connectivity index (χ2n) is 8.32. The second kappa shape index (κ2) is 8.81. The van der Waals surface area contributed by atoms with Gasteiger partial charge in [-0.15, -0.1) is 0 Å².